The van der Waals surface area contributed by atoms with E-state index in [1.54, 1.807) is 12.1 Å². The third-order valence-corrected chi connectivity index (χ3v) is 3.83. The zero-order valence-corrected chi connectivity index (χ0v) is 12.0. The van der Waals surface area contributed by atoms with Crippen molar-refractivity contribution >= 4 is 34.5 Å². The molecule has 18 heavy (non-hydrogen) atoms. The molecule has 1 aromatic carbocycles. The number of halogens is 1. The van der Waals surface area contributed by atoms with Crippen LogP contribution in [0.15, 0.2) is 24.3 Å². The fraction of sp³-hybridized carbons (Fsp3) is 0.385. The normalized spacial score (nSPS) is 19.6. The summed E-state index contributed by atoms with van der Waals surface area (Å²) >= 11 is 2.15. The van der Waals surface area contributed by atoms with E-state index in [0.717, 1.165) is 16.4 Å². The van der Waals surface area contributed by atoms with Crippen molar-refractivity contribution in [1.29, 1.82) is 0 Å². The Balaban J connectivity index is 2.23. The maximum Gasteiger partial charge on any atom is 0.407 e. The molecule has 1 atom stereocenters. The predicted molar refractivity (Wildman–Crippen MR) is 75.9 cm³/mol. The number of hydrogen-bond donors (Lipinski definition) is 1. The number of benzene rings is 1. The molecule has 4 nitrogen and oxygen atoms in total. The third kappa shape index (κ3) is 2.82. The number of ketones is 1. The molecule has 1 heterocycles. The Morgan fingerprint density at radius 2 is 2.11 bits per heavy atom. The van der Waals surface area contributed by atoms with E-state index >= 15 is 0 Å². The van der Waals surface area contributed by atoms with Crippen molar-refractivity contribution < 1.29 is 14.7 Å². The van der Waals surface area contributed by atoms with Crippen molar-refractivity contribution in [2.45, 2.75) is 25.3 Å². The summed E-state index contributed by atoms with van der Waals surface area (Å²) in [7, 11) is 0. The van der Waals surface area contributed by atoms with Gasteiger partial charge in [-0.1, -0.05) is 12.1 Å². The third-order valence-electron chi connectivity index (χ3n) is 3.16. The first-order valence-electron chi connectivity index (χ1n) is 5.89. The van der Waals surface area contributed by atoms with Gasteiger partial charge in [-0.3, -0.25) is 9.69 Å². The minimum atomic E-state index is -1.00. The number of rotatable bonds is 2. The molecule has 1 fully saturated rings. The molecule has 0 aromatic heterocycles. The van der Waals surface area contributed by atoms with Gasteiger partial charge in [-0.25, -0.2) is 4.79 Å². The zero-order chi connectivity index (χ0) is 13.1. The van der Waals surface area contributed by atoms with E-state index in [0.29, 0.717) is 18.5 Å². The Morgan fingerprint density at radius 3 is 2.78 bits per heavy atom. The first kappa shape index (κ1) is 13.3. The van der Waals surface area contributed by atoms with Gasteiger partial charge in [-0.15, -0.1) is 0 Å². The van der Waals surface area contributed by atoms with Gasteiger partial charge in [-0.2, -0.15) is 0 Å². The summed E-state index contributed by atoms with van der Waals surface area (Å²) in [6.07, 6.45) is 1.36. The lowest BCUT2D eigenvalue weighted by molar-refractivity contribution is 0.0714. The number of piperidine rings is 1. The van der Waals surface area contributed by atoms with E-state index in [1.807, 2.05) is 12.1 Å². The van der Waals surface area contributed by atoms with Crippen LogP contribution in [0.2, 0.25) is 0 Å². The van der Waals surface area contributed by atoms with Gasteiger partial charge in [0.15, 0.2) is 5.78 Å². The number of nitrogens with zero attached hydrogens (tertiary/aromatic N) is 1. The van der Waals surface area contributed by atoms with Crippen LogP contribution in [0.25, 0.3) is 0 Å². The van der Waals surface area contributed by atoms with Gasteiger partial charge in [0.05, 0.1) is 6.04 Å². The molecule has 0 bridgehead atoms. The Hall–Kier alpha value is -1.11. The lowest BCUT2D eigenvalue weighted by Crippen LogP contribution is -2.47. The Morgan fingerprint density at radius 1 is 1.33 bits per heavy atom. The van der Waals surface area contributed by atoms with Gasteiger partial charge in [0, 0.05) is 15.7 Å². The molecule has 0 unspecified atom stereocenters. The molecular weight excluding hydrogens is 345 g/mol. The fourth-order valence-corrected chi connectivity index (χ4v) is 2.81. The number of hydrogen-bond acceptors (Lipinski definition) is 2. The highest BCUT2D eigenvalue weighted by atomic mass is 127. The van der Waals surface area contributed by atoms with Crippen LogP contribution in [0.3, 0.4) is 0 Å². The standard InChI is InChI=1S/C13H14INO3/c14-10-5-3-4-9(8-10)12(16)11-6-1-2-7-15(11)13(17)18/h3-5,8,11H,1-2,6-7H2,(H,17,18)/t11-/m0/s1. The summed E-state index contributed by atoms with van der Waals surface area (Å²) in [6, 6.07) is 6.77. The molecule has 0 spiro atoms. The lowest BCUT2D eigenvalue weighted by Gasteiger charge is -2.32. The van der Waals surface area contributed by atoms with Gasteiger partial charge < -0.3 is 5.11 Å². The van der Waals surface area contributed by atoms with Crippen LogP contribution >= 0.6 is 22.6 Å². The van der Waals surface area contributed by atoms with Crippen molar-refractivity contribution in [2.75, 3.05) is 6.54 Å². The lowest BCUT2D eigenvalue weighted by atomic mass is 9.95. The van der Waals surface area contributed by atoms with Crippen molar-refractivity contribution in [3.05, 3.63) is 33.4 Å². The maximum absolute atomic E-state index is 12.4. The Labute approximate surface area is 119 Å². The van der Waals surface area contributed by atoms with Gasteiger partial charge in [-0.05, 0) is 54.0 Å². The second-order valence-electron chi connectivity index (χ2n) is 4.36. The molecule has 0 saturated carbocycles. The van der Waals surface area contributed by atoms with E-state index in [1.165, 1.54) is 4.90 Å². The molecule has 0 aliphatic carbocycles. The molecule has 1 aromatic rings. The first-order chi connectivity index (χ1) is 8.59. The second kappa shape index (κ2) is 5.69. The number of carbonyl (C=O) groups excluding carboxylic acids is 1. The summed E-state index contributed by atoms with van der Waals surface area (Å²) in [5.41, 5.74) is 0.597. The first-order valence-corrected chi connectivity index (χ1v) is 6.97. The largest absolute Gasteiger partial charge is 0.465 e. The molecule has 1 aliphatic rings. The smallest absolute Gasteiger partial charge is 0.407 e. The fourth-order valence-electron chi connectivity index (χ4n) is 2.27. The molecule has 1 aliphatic heterocycles. The van der Waals surface area contributed by atoms with Gasteiger partial charge in [0.25, 0.3) is 0 Å². The predicted octanol–water partition coefficient (Wildman–Crippen LogP) is 3.01. The quantitative estimate of drug-likeness (QED) is 0.653. The van der Waals surface area contributed by atoms with Crippen molar-refractivity contribution in [2.24, 2.45) is 0 Å². The van der Waals surface area contributed by atoms with Crippen molar-refractivity contribution in [1.82, 2.24) is 4.90 Å². The summed E-state index contributed by atoms with van der Waals surface area (Å²) in [4.78, 5) is 24.8. The number of likely N-dealkylation sites (tertiary alicyclic amines) is 1. The second-order valence-corrected chi connectivity index (χ2v) is 5.61. The maximum atomic E-state index is 12.4. The minimum Gasteiger partial charge on any atom is -0.465 e. The Bertz CT molecular complexity index is 475. The van der Waals surface area contributed by atoms with Crippen LogP contribution in [-0.2, 0) is 0 Å². The summed E-state index contributed by atoms with van der Waals surface area (Å²) in [6.45, 7) is 0.454. The molecule has 0 radical (unpaired) electrons. The molecule has 5 heteroatoms. The van der Waals surface area contributed by atoms with Gasteiger partial charge in [0.2, 0.25) is 0 Å². The molecule has 2 rings (SSSR count). The van der Waals surface area contributed by atoms with E-state index in [9.17, 15) is 9.59 Å². The van der Waals surface area contributed by atoms with Crippen LogP contribution in [-0.4, -0.2) is 34.5 Å². The van der Waals surface area contributed by atoms with Crippen LogP contribution in [0.4, 0.5) is 4.79 Å². The van der Waals surface area contributed by atoms with Crippen LogP contribution in [0.5, 0.6) is 0 Å². The van der Waals surface area contributed by atoms with Crippen LogP contribution in [0, 0.1) is 3.57 Å². The van der Waals surface area contributed by atoms with Crippen LogP contribution in [0.1, 0.15) is 29.6 Å². The SMILES string of the molecule is O=C(c1cccc(I)c1)[C@@H]1CCCCN1C(=O)O. The van der Waals surface area contributed by atoms with Crippen molar-refractivity contribution in [3.63, 3.8) is 0 Å². The highest BCUT2D eigenvalue weighted by Crippen LogP contribution is 2.21. The van der Waals surface area contributed by atoms with E-state index in [2.05, 4.69) is 22.6 Å². The molecular formula is C13H14INO3. The van der Waals surface area contributed by atoms with Crippen LogP contribution < -0.4 is 0 Å². The highest BCUT2D eigenvalue weighted by Gasteiger charge is 2.32. The van der Waals surface area contributed by atoms with E-state index in [4.69, 9.17) is 5.11 Å². The summed E-state index contributed by atoms with van der Waals surface area (Å²) < 4.78 is 0.983. The molecule has 96 valence electrons. The summed E-state index contributed by atoms with van der Waals surface area (Å²) in [5, 5.41) is 9.13. The molecule has 1 N–H and O–H groups in total. The van der Waals surface area contributed by atoms with E-state index < -0.39 is 12.1 Å². The number of carboxylic acid groups (broad SMARTS) is 1. The number of amides is 1. The zero-order valence-electron chi connectivity index (χ0n) is 9.80. The topological polar surface area (TPSA) is 57.6 Å². The number of Topliss-reactive ketones (excluding diaryl/α,β-unsaturated/α-hetero) is 1. The monoisotopic (exact) mass is 359 g/mol. The molecule has 1 amide bonds. The highest BCUT2D eigenvalue weighted by molar-refractivity contribution is 14.1. The van der Waals surface area contributed by atoms with Gasteiger partial charge >= 0.3 is 6.09 Å². The Kier molecular flexibility index (Phi) is 4.21. The van der Waals surface area contributed by atoms with Gasteiger partial charge in [0.1, 0.15) is 0 Å². The van der Waals surface area contributed by atoms with E-state index in [-0.39, 0.29) is 5.78 Å². The number of carbonyl (C=O) groups is 2. The average Bonchev–Trinajstić information content (AvgIpc) is 2.38. The molecule has 1 saturated heterocycles. The average molecular weight is 359 g/mol. The minimum absolute atomic E-state index is 0.0874. The van der Waals surface area contributed by atoms with Crippen molar-refractivity contribution in [3.8, 4) is 0 Å². The summed E-state index contributed by atoms with van der Waals surface area (Å²) in [5.74, 6) is -0.0874.